The molecule has 52 heavy (non-hydrogen) atoms. The van der Waals surface area contributed by atoms with Crippen LogP contribution in [0.25, 0.3) is 0 Å². The van der Waals surface area contributed by atoms with Crippen LogP contribution in [0.1, 0.15) is 50.5 Å². The fourth-order valence-corrected chi connectivity index (χ4v) is 9.37. The van der Waals surface area contributed by atoms with Crippen LogP contribution < -0.4 is 30.9 Å². The first-order chi connectivity index (χ1) is 25.3. The molecule has 4 bridgehead atoms. The lowest BCUT2D eigenvalue weighted by Gasteiger charge is -2.54. The zero-order valence-corrected chi connectivity index (χ0v) is 30.8. The second-order valence-corrected chi connectivity index (χ2v) is 15.4. The quantitative estimate of drug-likeness (QED) is 0.100. The number of benzene rings is 2. The van der Waals surface area contributed by atoms with Gasteiger partial charge in [-0.3, -0.25) is 14.5 Å². The number of aromatic nitrogens is 2. The third-order valence-electron chi connectivity index (χ3n) is 11.6. The van der Waals surface area contributed by atoms with Crippen LogP contribution in [0, 0.1) is 29.6 Å². The molecule has 8 rings (SSSR count). The van der Waals surface area contributed by atoms with Crippen molar-refractivity contribution < 1.29 is 14.3 Å². The van der Waals surface area contributed by atoms with Crippen molar-refractivity contribution in [1.82, 2.24) is 20.2 Å². The first-order valence-electron chi connectivity index (χ1n) is 18.8. The van der Waals surface area contributed by atoms with Crippen molar-refractivity contribution in [1.29, 1.82) is 0 Å². The number of halogens is 1. The van der Waals surface area contributed by atoms with E-state index in [1.54, 1.807) is 13.3 Å². The molecule has 0 radical (unpaired) electrons. The number of ether oxygens (including phenoxy) is 1. The summed E-state index contributed by atoms with van der Waals surface area (Å²) in [7, 11) is 1.66. The minimum atomic E-state index is -0.267. The van der Waals surface area contributed by atoms with E-state index in [1.165, 1.54) is 38.2 Å². The normalized spacial score (nSPS) is 23.6. The van der Waals surface area contributed by atoms with Gasteiger partial charge in [0.15, 0.2) is 5.82 Å². The molecular formula is C40H51ClN8O3. The van der Waals surface area contributed by atoms with Gasteiger partial charge in [-0.2, -0.15) is 4.98 Å². The Labute approximate surface area is 311 Å². The molecule has 1 saturated heterocycles. The highest BCUT2D eigenvalue weighted by Gasteiger charge is 2.48. The Hall–Kier alpha value is -4.35. The van der Waals surface area contributed by atoms with E-state index in [-0.39, 0.29) is 11.8 Å². The summed E-state index contributed by atoms with van der Waals surface area (Å²) < 4.78 is 5.77. The summed E-state index contributed by atoms with van der Waals surface area (Å²) in [4.78, 5) is 38.4. The average molecular weight is 727 g/mol. The average Bonchev–Trinajstić information content (AvgIpc) is 3.15. The molecule has 0 atom stereocenters. The maximum Gasteiger partial charge on any atom is 0.247 e. The minimum absolute atomic E-state index is 0.267. The molecule has 276 valence electrons. The van der Waals surface area contributed by atoms with Gasteiger partial charge < -0.3 is 30.9 Å². The summed E-state index contributed by atoms with van der Waals surface area (Å²) in [6.45, 7) is 9.50. The third-order valence-corrected chi connectivity index (χ3v) is 11.8. The number of nitrogens with one attached hydrogen (secondary N) is 4. The Morgan fingerprint density at radius 1 is 1.02 bits per heavy atom. The van der Waals surface area contributed by atoms with Crippen molar-refractivity contribution in [2.45, 2.75) is 51.5 Å². The largest absolute Gasteiger partial charge is 0.494 e. The number of nitrogens with zero attached hydrogens (tertiary/aromatic N) is 4. The van der Waals surface area contributed by atoms with Gasteiger partial charge in [-0.25, -0.2) is 4.98 Å². The number of hydrogen-bond acceptors (Lipinski definition) is 9. The number of rotatable bonds is 15. The van der Waals surface area contributed by atoms with Crippen LogP contribution in [0.4, 0.5) is 28.8 Å². The smallest absolute Gasteiger partial charge is 0.247 e. The van der Waals surface area contributed by atoms with Gasteiger partial charge in [-0.15, -0.1) is 0 Å². The van der Waals surface area contributed by atoms with Crippen LogP contribution in [-0.2, 0) is 16.1 Å². The molecule has 4 aliphatic carbocycles. The molecular weight excluding hydrogens is 676 g/mol. The number of anilines is 5. The van der Waals surface area contributed by atoms with Crippen LogP contribution in [-0.4, -0.2) is 73.1 Å². The summed E-state index contributed by atoms with van der Waals surface area (Å²) in [6.07, 6.45) is 11.5. The zero-order chi connectivity index (χ0) is 36.0. The van der Waals surface area contributed by atoms with Crippen LogP contribution >= 0.6 is 11.6 Å². The zero-order valence-electron chi connectivity index (χ0n) is 30.1. The van der Waals surface area contributed by atoms with Crippen LogP contribution in [0.15, 0.2) is 61.3 Å². The summed E-state index contributed by atoms with van der Waals surface area (Å²) in [5.41, 5.74) is 3.46. The number of amides is 2. The lowest BCUT2D eigenvalue weighted by Crippen LogP contribution is -2.47. The SMILES string of the molecule is C=CC(=O)Nc1cccc(CNc2nc(Nc3ccc(N4CCN(CCCNC(=O)CC5[C@H]6C[C@H]7C[C@H](C6)C[C@H]5C7)CC4)cc3OC)ncc2Cl)c1. The van der Waals surface area contributed by atoms with Crippen molar-refractivity contribution in [3.8, 4) is 5.75 Å². The van der Waals surface area contributed by atoms with Gasteiger partial charge in [0.25, 0.3) is 0 Å². The predicted molar refractivity (Wildman–Crippen MR) is 207 cm³/mol. The number of carbonyl (C=O) groups is 2. The van der Waals surface area contributed by atoms with Gasteiger partial charge in [0.05, 0.1) is 19.0 Å². The van der Waals surface area contributed by atoms with Gasteiger partial charge in [0.2, 0.25) is 17.8 Å². The predicted octanol–water partition coefficient (Wildman–Crippen LogP) is 6.71. The standard InChI is InChI=1S/C40H51ClN8O3/c1-3-37(50)45-31-7-4-6-26(21-31)24-43-39-34(41)25-44-40(47-39)46-35-9-8-32(22-36(35)52-2)49-14-12-48(13-15-49)11-5-10-42-38(51)23-33-29-17-27-16-28(19-29)20-30(33)18-27/h3-4,6-9,21-22,25,27-30,33H,1,5,10-20,23-24H2,2H3,(H,42,51)(H,45,50)(H2,43,44,46,47)/t27-,28-,29-,30+,33?. The number of carbonyl (C=O) groups excluding carboxylic acids is 2. The van der Waals surface area contributed by atoms with Gasteiger partial charge in [0.1, 0.15) is 10.8 Å². The van der Waals surface area contributed by atoms with E-state index < -0.39 is 0 Å². The summed E-state index contributed by atoms with van der Waals surface area (Å²) in [5.74, 6) is 5.71. The first kappa shape index (κ1) is 36.0. The molecule has 2 amide bonds. The number of methoxy groups -OCH3 is 1. The van der Waals surface area contributed by atoms with E-state index in [4.69, 9.17) is 16.3 Å². The molecule has 12 heteroatoms. The van der Waals surface area contributed by atoms with E-state index in [0.29, 0.717) is 40.7 Å². The Balaban J connectivity index is 0.852. The van der Waals surface area contributed by atoms with Crippen LogP contribution in [0.2, 0.25) is 5.02 Å². The Morgan fingerprint density at radius 2 is 1.79 bits per heavy atom. The van der Waals surface area contributed by atoms with E-state index >= 15 is 0 Å². The van der Waals surface area contributed by atoms with E-state index in [2.05, 4.69) is 53.7 Å². The molecule has 11 nitrogen and oxygen atoms in total. The van der Waals surface area contributed by atoms with Crippen molar-refractivity contribution in [3.05, 3.63) is 71.9 Å². The molecule has 0 unspecified atom stereocenters. The molecule has 2 heterocycles. The minimum Gasteiger partial charge on any atom is -0.494 e. The molecule has 4 saturated carbocycles. The Kier molecular flexibility index (Phi) is 11.5. The van der Waals surface area contributed by atoms with Crippen molar-refractivity contribution in [2.24, 2.45) is 29.6 Å². The second kappa shape index (κ2) is 16.5. The topological polar surface area (TPSA) is 124 Å². The van der Waals surface area contributed by atoms with E-state index in [0.717, 1.165) is 92.7 Å². The summed E-state index contributed by atoms with van der Waals surface area (Å²) in [5, 5.41) is 12.9. The number of piperazine rings is 1. The van der Waals surface area contributed by atoms with E-state index in [9.17, 15) is 9.59 Å². The lowest BCUT2D eigenvalue weighted by molar-refractivity contribution is -0.126. The summed E-state index contributed by atoms with van der Waals surface area (Å²) in [6, 6.07) is 13.6. The Bertz CT molecular complexity index is 1720. The highest BCUT2D eigenvalue weighted by atomic mass is 35.5. The number of hydrogen-bond donors (Lipinski definition) is 4. The highest BCUT2D eigenvalue weighted by Crippen LogP contribution is 2.57. The van der Waals surface area contributed by atoms with Crippen LogP contribution in [0.3, 0.4) is 0 Å². The fraction of sp³-hybridized carbons (Fsp3) is 0.500. The first-order valence-corrected chi connectivity index (χ1v) is 19.2. The molecule has 5 aliphatic rings. The van der Waals surface area contributed by atoms with E-state index in [1.807, 2.05) is 36.4 Å². The van der Waals surface area contributed by atoms with Gasteiger partial charge in [-0.1, -0.05) is 30.3 Å². The molecule has 0 spiro atoms. The van der Waals surface area contributed by atoms with Crippen molar-refractivity contribution >= 4 is 52.2 Å². The highest BCUT2D eigenvalue weighted by molar-refractivity contribution is 6.32. The molecule has 1 aliphatic heterocycles. The molecule has 4 N–H and O–H groups in total. The monoisotopic (exact) mass is 726 g/mol. The second-order valence-electron chi connectivity index (χ2n) is 15.0. The molecule has 1 aromatic heterocycles. The van der Waals surface area contributed by atoms with Crippen molar-refractivity contribution in [3.63, 3.8) is 0 Å². The molecule has 2 aromatic carbocycles. The summed E-state index contributed by atoms with van der Waals surface area (Å²) >= 11 is 6.43. The maximum absolute atomic E-state index is 12.8. The third kappa shape index (κ3) is 8.81. The fourth-order valence-electron chi connectivity index (χ4n) is 9.21. The Morgan fingerprint density at radius 3 is 2.52 bits per heavy atom. The maximum atomic E-state index is 12.8. The van der Waals surface area contributed by atoms with Crippen LogP contribution in [0.5, 0.6) is 5.75 Å². The van der Waals surface area contributed by atoms with Gasteiger partial charge in [0, 0.05) is 63.1 Å². The van der Waals surface area contributed by atoms with Crippen molar-refractivity contribution in [2.75, 3.05) is 67.2 Å². The van der Waals surface area contributed by atoms with Gasteiger partial charge in [-0.05, 0) is 111 Å². The van der Waals surface area contributed by atoms with Gasteiger partial charge >= 0.3 is 0 Å². The molecule has 3 aromatic rings. The lowest BCUT2D eigenvalue weighted by atomic mass is 9.51. The molecule has 5 fully saturated rings.